The van der Waals surface area contributed by atoms with E-state index in [9.17, 15) is 14.4 Å². The maximum absolute atomic E-state index is 12.3. The van der Waals surface area contributed by atoms with Gasteiger partial charge in [-0.2, -0.15) is 0 Å². The summed E-state index contributed by atoms with van der Waals surface area (Å²) < 4.78 is 0. The summed E-state index contributed by atoms with van der Waals surface area (Å²) in [4.78, 5) is 36.9. The van der Waals surface area contributed by atoms with Gasteiger partial charge in [0.15, 0.2) is 0 Å². The van der Waals surface area contributed by atoms with E-state index in [0.29, 0.717) is 23.4 Å². The van der Waals surface area contributed by atoms with Crippen LogP contribution >= 0.6 is 11.8 Å². The zero-order chi connectivity index (χ0) is 15.6. The number of rotatable bonds is 3. The molecule has 0 radical (unpaired) electrons. The lowest BCUT2D eigenvalue weighted by molar-refractivity contribution is -0.141. The molecule has 21 heavy (non-hydrogen) atoms. The van der Waals surface area contributed by atoms with Crippen LogP contribution in [0.25, 0.3) is 0 Å². The van der Waals surface area contributed by atoms with E-state index < -0.39 is 17.9 Å². The van der Waals surface area contributed by atoms with E-state index in [4.69, 9.17) is 5.11 Å². The van der Waals surface area contributed by atoms with Crippen LogP contribution in [0.15, 0.2) is 23.1 Å². The molecular weight excluding hydrogens is 292 g/mol. The van der Waals surface area contributed by atoms with Gasteiger partial charge < -0.3 is 15.3 Å². The van der Waals surface area contributed by atoms with Crippen molar-refractivity contribution in [2.24, 2.45) is 0 Å². The van der Waals surface area contributed by atoms with Gasteiger partial charge in [0.05, 0.1) is 5.69 Å². The highest BCUT2D eigenvalue weighted by molar-refractivity contribution is 7.99. The molecule has 1 atom stereocenters. The minimum absolute atomic E-state index is 0.0851. The highest BCUT2D eigenvalue weighted by Crippen LogP contribution is 2.31. The molecule has 0 aliphatic carbocycles. The summed E-state index contributed by atoms with van der Waals surface area (Å²) in [6, 6.07) is 4.11. The molecule has 6 nitrogen and oxygen atoms in total. The van der Waals surface area contributed by atoms with Crippen LogP contribution in [0.2, 0.25) is 0 Å². The summed E-state index contributed by atoms with van der Waals surface area (Å²) >= 11 is 1.55. The highest BCUT2D eigenvalue weighted by Gasteiger charge is 2.24. The van der Waals surface area contributed by atoms with Crippen LogP contribution in [0.3, 0.4) is 0 Å². The van der Waals surface area contributed by atoms with Gasteiger partial charge in [-0.3, -0.25) is 9.59 Å². The lowest BCUT2D eigenvalue weighted by Crippen LogP contribution is -2.40. The van der Waals surface area contributed by atoms with E-state index in [0.717, 1.165) is 9.80 Å². The van der Waals surface area contributed by atoms with Gasteiger partial charge in [0, 0.05) is 29.7 Å². The zero-order valence-electron chi connectivity index (χ0n) is 11.8. The van der Waals surface area contributed by atoms with Crippen molar-refractivity contribution in [2.75, 3.05) is 18.1 Å². The average Bonchev–Trinajstić information content (AvgIpc) is 2.64. The summed E-state index contributed by atoms with van der Waals surface area (Å²) in [5.74, 6) is -0.846. The van der Waals surface area contributed by atoms with E-state index in [2.05, 4.69) is 5.32 Å². The molecule has 1 aliphatic heterocycles. The topological polar surface area (TPSA) is 86.7 Å². The molecule has 0 fully saturated rings. The number of carbonyl (C=O) groups excluding carboxylic acids is 2. The fourth-order valence-electron chi connectivity index (χ4n) is 1.90. The standard InChI is InChI=1S/C14H16N2O4S/c1-8(14(19)20)16(2)13(18)9-3-4-11-10(7-9)15-12(17)5-6-21-11/h3-4,7-8H,5-6H2,1-2H3,(H,15,17)(H,19,20). The zero-order valence-corrected chi connectivity index (χ0v) is 12.6. The van der Waals surface area contributed by atoms with Crippen molar-refractivity contribution >= 4 is 35.2 Å². The van der Waals surface area contributed by atoms with Gasteiger partial charge in [-0.25, -0.2) is 4.79 Å². The van der Waals surface area contributed by atoms with Gasteiger partial charge in [0.25, 0.3) is 5.91 Å². The van der Waals surface area contributed by atoms with Crippen molar-refractivity contribution in [3.63, 3.8) is 0 Å². The van der Waals surface area contributed by atoms with Crippen LogP contribution in [-0.2, 0) is 9.59 Å². The van der Waals surface area contributed by atoms with Crippen LogP contribution in [0.4, 0.5) is 5.69 Å². The molecule has 2 rings (SSSR count). The Morgan fingerprint density at radius 1 is 1.43 bits per heavy atom. The number of likely N-dealkylation sites (N-methyl/N-ethyl adjacent to an activating group) is 1. The van der Waals surface area contributed by atoms with Crippen LogP contribution in [0.1, 0.15) is 23.7 Å². The van der Waals surface area contributed by atoms with Crippen LogP contribution in [0.5, 0.6) is 0 Å². The summed E-state index contributed by atoms with van der Waals surface area (Å²) in [6.45, 7) is 1.45. The molecule has 112 valence electrons. The van der Waals surface area contributed by atoms with Gasteiger partial charge in [-0.05, 0) is 25.1 Å². The third kappa shape index (κ3) is 3.36. The third-order valence-electron chi connectivity index (χ3n) is 3.35. The minimum Gasteiger partial charge on any atom is -0.480 e. The lowest BCUT2D eigenvalue weighted by atomic mass is 10.1. The molecule has 1 aromatic carbocycles. The average molecular weight is 308 g/mol. The molecule has 7 heteroatoms. The van der Waals surface area contributed by atoms with Crippen molar-refractivity contribution in [1.82, 2.24) is 4.90 Å². The molecule has 0 aromatic heterocycles. The number of carboxylic acid groups (broad SMARTS) is 1. The molecule has 0 saturated carbocycles. The molecule has 0 bridgehead atoms. The van der Waals surface area contributed by atoms with Crippen molar-refractivity contribution in [3.8, 4) is 0 Å². The summed E-state index contributed by atoms with van der Waals surface area (Å²) in [6.07, 6.45) is 0.429. The number of nitrogens with zero attached hydrogens (tertiary/aromatic N) is 1. The molecule has 0 saturated heterocycles. The number of amides is 2. The second-order valence-electron chi connectivity index (χ2n) is 4.79. The van der Waals surface area contributed by atoms with Gasteiger partial charge in [-0.1, -0.05) is 0 Å². The number of carbonyl (C=O) groups is 3. The normalized spacial score (nSPS) is 15.4. The molecule has 2 amide bonds. The SMILES string of the molecule is CC(C(=O)O)N(C)C(=O)c1ccc2c(c1)NC(=O)CCS2. The Hall–Kier alpha value is -2.02. The number of aliphatic carboxylic acids is 1. The van der Waals surface area contributed by atoms with Gasteiger partial charge in [-0.15, -0.1) is 11.8 Å². The summed E-state index contributed by atoms with van der Waals surface area (Å²) in [7, 11) is 1.44. The number of fused-ring (bicyclic) bond motifs is 1. The van der Waals surface area contributed by atoms with Crippen LogP contribution in [-0.4, -0.2) is 46.6 Å². The molecule has 1 unspecified atom stereocenters. The molecule has 1 aromatic rings. The molecule has 1 aliphatic rings. The van der Waals surface area contributed by atoms with E-state index >= 15 is 0 Å². The number of anilines is 1. The van der Waals surface area contributed by atoms with E-state index in [1.165, 1.54) is 14.0 Å². The molecular formula is C14H16N2O4S. The number of nitrogens with one attached hydrogen (secondary N) is 1. The Balaban J connectivity index is 2.27. The summed E-state index contributed by atoms with van der Waals surface area (Å²) in [5, 5.41) is 11.7. The van der Waals surface area contributed by atoms with Crippen molar-refractivity contribution in [1.29, 1.82) is 0 Å². The Kier molecular flexibility index (Phi) is 4.52. The monoisotopic (exact) mass is 308 g/mol. The second kappa shape index (κ2) is 6.17. The summed E-state index contributed by atoms with van der Waals surface area (Å²) in [5.41, 5.74) is 0.955. The molecule has 0 spiro atoms. The van der Waals surface area contributed by atoms with Crippen LogP contribution in [0, 0.1) is 0 Å². The number of hydrogen-bond donors (Lipinski definition) is 2. The van der Waals surface area contributed by atoms with Gasteiger partial charge >= 0.3 is 5.97 Å². The van der Waals surface area contributed by atoms with E-state index in [-0.39, 0.29) is 5.91 Å². The van der Waals surface area contributed by atoms with E-state index in [1.54, 1.807) is 30.0 Å². The first kappa shape index (κ1) is 15.4. The Bertz CT molecular complexity index is 603. The maximum atomic E-state index is 12.3. The largest absolute Gasteiger partial charge is 0.480 e. The van der Waals surface area contributed by atoms with Gasteiger partial charge in [0.1, 0.15) is 6.04 Å². The first-order valence-corrected chi connectivity index (χ1v) is 7.45. The van der Waals surface area contributed by atoms with Crippen molar-refractivity contribution < 1.29 is 19.5 Å². The Labute approximate surface area is 126 Å². The maximum Gasteiger partial charge on any atom is 0.326 e. The second-order valence-corrected chi connectivity index (χ2v) is 5.92. The predicted molar refractivity (Wildman–Crippen MR) is 79.6 cm³/mol. The fraction of sp³-hybridized carbons (Fsp3) is 0.357. The Morgan fingerprint density at radius 3 is 2.81 bits per heavy atom. The number of thioether (sulfide) groups is 1. The van der Waals surface area contributed by atoms with E-state index in [1.807, 2.05) is 0 Å². The molecule has 1 heterocycles. The molecule has 2 N–H and O–H groups in total. The first-order chi connectivity index (χ1) is 9.90. The number of benzene rings is 1. The smallest absolute Gasteiger partial charge is 0.326 e. The van der Waals surface area contributed by atoms with Gasteiger partial charge in [0.2, 0.25) is 5.91 Å². The third-order valence-corrected chi connectivity index (χ3v) is 4.42. The van der Waals surface area contributed by atoms with Crippen molar-refractivity contribution in [3.05, 3.63) is 23.8 Å². The minimum atomic E-state index is -1.07. The van der Waals surface area contributed by atoms with Crippen LogP contribution < -0.4 is 5.32 Å². The number of hydrogen-bond acceptors (Lipinski definition) is 4. The number of carboxylic acids is 1. The van der Waals surface area contributed by atoms with Crippen molar-refractivity contribution in [2.45, 2.75) is 24.3 Å². The first-order valence-electron chi connectivity index (χ1n) is 6.47. The lowest BCUT2D eigenvalue weighted by Gasteiger charge is -2.22. The highest BCUT2D eigenvalue weighted by atomic mass is 32.2. The quantitative estimate of drug-likeness (QED) is 0.887. The Morgan fingerprint density at radius 2 is 2.14 bits per heavy atom. The fourth-order valence-corrected chi connectivity index (χ4v) is 2.84. The predicted octanol–water partition coefficient (Wildman–Crippen LogP) is 1.67.